The molecule has 2 heterocycles. The van der Waals surface area contributed by atoms with Crippen molar-refractivity contribution in [2.75, 3.05) is 23.8 Å². The quantitative estimate of drug-likeness (QED) is 0.817. The summed E-state index contributed by atoms with van der Waals surface area (Å²) in [7, 11) is 0. The van der Waals surface area contributed by atoms with Gasteiger partial charge in [-0.2, -0.15) is 0 Å². The maximum atomic E-state index is 5.51. The Morgan fingerprint density at radius 3 is 2.94 bits per heavy atom. The van der Waals surface area contributed by atoms with Crippen molar-refractivity contribution in [1.29, 1.82) is 0 Å². The lowest BCUT2D eigenvalue weighted by atomic mass is 10.1. The fourth-order valence-electron chi connectivity index (χ4n) is 1.88. The van der Waals surface area contributed by atoms with Crippen LogP contribution in [0.3, 0.4) is 0 Å². The average molecular weight is 236 g/mol. The largest absolute Gasteiger partial charge is 0.376 e. The summed E-state index contributed by atoms with van der Waals surface area (Å²) in [5.74, 6) is 1.64. The number of anilines is 2. The molecule has 2 atom stereocenters. The van der Waals surface area contributed by atoms with E-state index in [1.165, 1.54) is 0 Å². The second-order valence-corrected chi connectivity index (χ2v) is 4.33. The minimum atomic E-state index is 0.240. The van der Waals surface area contributed by atoms with Gasteiger partial charge in [0, 0.05) is 13.2 Å². The lowest BCUT2D eigenvalue weighted by molar-refractivity contribution is 0.121. The van der Waals surface area contributed by atoms with Crippen LogP contribution in [0.1, 0.15) is 26.7 Å². The Morgan fingerprint density at radius 2 is 2.24 bits per heavy atom. The molecule has 5 nitrogen and oxygen atoms in total. The lowest BCUT2D eigenvalue weighted by Crippen LogP contribution is -2.27. The van der Waals surface area contributed by atoms with Crippen molar-refractivity contribution in [2.24, 2.45) is 0 Å². The van der Waals surface area contributed by atoms with Crippen LogP contribution >= 0.6 is 0 Å². The number of aromatic nitrogens is 2. The van der Waals surface area contributed by atoms with Crippen LogP contribution in [-0.2, 0) is 4.74 Å². The molecule has 0 spiro atoms. The van der Waals surface area contributed by atoms with E-state index < -0.39 is 0 Å². The van der Waals surface area contributed by atoms with E-state index in [1.54, 1.807) is 12.4 Å². The molecule has 1 aliphatic rings. The van der Waals surface area contributed by atoms with Crippen LogP contribution in [0.4, 0.5) is 11.6 Å². The Balaban J connectivity index is 1.95. The van der Waals surface area contributed by atoms with E-state index in [2.05, 4.69) is 34.4 Å². The van der Waals surface area contributed by atoms with Gasteiger partial charge in [0.2, 0.25) is 0 Å². The Bertz CT molecular complexity index is 358. The van der Waals surface area contributed by atoms with Crippen LogP contribution in [0.25, 0.3) is 0 Å². The molecule has 94 valence electrons. The molecule has 2 rings (SSSR count). The highest BCUT2D eigenvalue weighted by atomic mass is 16.5. The van der Waals surface area contributed by atoms with Gasteiger partial charge in [-0.15, -0.1) is 0 Å². The molecule has 1 aromatic rings. The fraction of sp³-hybridized carbons (Fsp3) is 0.667. The SMILES string of the molecule is CCCNc1cncc(NC2CCOC2C)n1. The lowest BCUT2D eigenvalue weighted by Gasteiger charge is -2.16. The van der Waals surface area contributed by atoms with Crippen LogP contribution in [0.15, 0.2) is 12.4 Å². The summed E-state index contributed by atoms with van der Waals surface area (Å²) < 4.78 is 5.51. The number of rotatable bonds is 5. The van der Waals surface area contributed by atoms with E-state index in [0.717, 1.165) is 37.6 Å². The van der Waals surface area contributed by atoms with Gasteiger partial charge in [-0.1, -0.05) is 6.92 Å². The number of hydrogen-bond acceptors (Lipinski definition) is 5. The Hall–Kier alpha value is -1.36. The molecule has 0 amide bonds. The van der Waals surface area contributed by atoms with E-state index in [0.29, 0.717) is 6.04 Å². The predicted octanol–water partition coefficient (Wildman–Crippen LogP) is 1.89. The predicted molar refractivity (Wildman–Crippen MR) is 68.3 cm³/mol. The molecule has 0 aliphatic carbocycles. The first-order valence-electron chi connectivity index (χ1n) is 6.23. The summed E-state index contributed by atoms with van der Waals surface area (Å²) in [6.07, 6.45) is 5.84. The monoisotopic (exact) mass is 236 g/mol. The van der Waals surface area contributed by atoms with Gasteiger partial charge < -0.3 is 15.4 Å². The second-order valence-electron chi connectivity index (χ2n) is 4.33. The maximum Gasteiger partial charge on any atom is 0.147 e. The van der Waals surface area contributed by atoms with E-state index in [1.807, 2.05) is 0 Å². The molecule has 5 heteroatoms. The zero-order valence-corrected chi connectivity index (χ0v) is 10.4. The maximum absolute atomic E-state index is 5.51. The van der Waals surface area contributed by atoms with E-state index in [4.69, 9.17) is 4.74 Å². The van der Waals surface area contributed by atoms with E-state index >= 15 is 0 Å². The number of nitrogens with zero attached hydrogens (tertiary/aromatic N) is 2. The van der Waals surface area contributed by atoms with E-state index in [-0.39, 0.29) is 6.10 Å². The first-order chi connectivity index (χ1) is 8.29. The van der Waals surface area contributed by atoms with Crippen molar-refractivity contribution in [1.82, 2.24) is 9.97 Å². The molecule has 1 aromatic heterocycles. The van der Waals surface area contributed by atoms with Crippen LogP contribution < -0.4 is 10.6 Å². The third kappa shape index (κ3) is 3.30. The molecular weight excluding hydrogens is 216 g/mol. The number of ether oxygens (including phenoxy) is 1. The minimum absolute atomic E-state index is 0.240. The third-order valence-electron chi connectivity index (χ3n) is 2.90. The summed E-state index contributed by atoms with van der Waals surface area (Å²) in [5.41, 5.74) is 0. The molecule has 17 heavy (non-hydrogen) atoms. The highest BCUT2D eigenvalue weighted by molar-refractivity contribution is 5.42. The van der Waals surface area contributed by atoms with Crippen molar-refractivity contribution in [3.63, 3.8) is 0 Å². The Morgan fingerprint density at radius 1 is 1.41 bits per heavy atom. The van der Waals surface area contributed by atoms with Crippen LogP contribution in [0.5, 0.6) is 0 Å². The zero-order valence-electron chi connectivity index (χ0n) is 10.4. The number of nitrogens with one attached hydrogen (secondary N) is 2. The third-order valence-corrected chi connectivity index (χ3v) is 2.90. The smallest absolute Gasteiger partial charge is 0.147 e. The Labute approximate surface area is 102 Å². The topological polar surface area (TPSA) is 59.1 Å². The molecule has 0 aromatic carbocycles. The summed E-state index contributed by atoms with van der Waals surface area (Å²) in [4.78, 5) is 8.64. The molecule has 1 saturated heterocycles. The van der Waals surface area contributed by atoms with Gasteiger partial charge in [-0.05, 0) is 19.8 Å². The van der Waals surface area contributed by atoms with Gasteiger partial charge in [0.1, 0.15) is 11.6 Å². The van der Waals surface area contributed by atoms with Crippen LogP contribution in [0.2, 0.25) is 0 Å². The molecule has 0 saturated carbocycles. The second kappa shape index (κ2) is 5.82. The molecule has 2 unspecified atom stereocenters. The summed E-state index contributed by atoms with van der Waals surface area (Å²) >= 11 is 0. The molecular formula is C12H20N4O. The van der Waals surface area contributed by atoms with Crippen molar-refractivity contribution >= 4 is 11.6 Å². The van der Waals surface area contributed by atoms with Gasteiger partial charge in [0.05, 0.1) is 24.5 Å². The van der Waals surface area contributed by atoms with Crippen molar-refractivity contribution < 1.29 is 4.74 Å². The molecule has 1 aliphatic heterocycles. The normalized spacial score (nSPS) is 23.6. The van der Waals surface area contributed by atoms with Crippen molar-refractivity contribution in [3.05, 3.63) is 12.4 Å². The van der Waals surface area contributed by atoms with Gasteiger partial charge in [0.25, 0.3) is 0 Å². The standard InChI is InChI=1S/C12H20N4O/c1-3-5-14-11-7-13-8-12(16-11)15-10-4-6-17-9(10)2/h7-10H,3-6H2,1-2H3,(H2,14,15,16). The fourth-order valence-corrected chi connectivity index (χ4v) is 1.88. The van der Waals surface area contributed by atoms with E-state index in [9.17, 15) is 0 Å². The summed E-state index contributed by atoms with van der Waals surface area (Å²) in [5, 5.41) is 6.59. The summed E-state index contributed by atoms with van der Waals surface area (Å²) in [6, 6.07) is 0.339. The first-order valence-corrected chi connectivity index (χ1v) is 6.23. The number of hydrogen-bond donors (Lipinski definition) is 2. The van der Waals surface area contributed by atoms with Gasteiger partial charge in [0.15, 0.2) is 0 Å². The average Bonchev–Trinajstić information content (AvgIpc) is 2.73. The summed E-state index contributed by atoms with van der Waals surface area (Å²) in [6.45, 7) is 5.94. The van der Waals surface area contributed by atoms with Crippen LogP contribution in [0, 0.1) is 0 Å². The van der Waals surface area contributed by atoms with Crippen LogP contribution in [-0.4, -0.2) is 35.3 Å². The van der Waals surface area contributed by atoms with Crippen molar-refractivity contribution in [2.45, 2.75) is 38.8 Å². The molecule has 2 N–H and O–H groups in total. The van der Waals surface area contributed by atoms with Gasteiger partial charge >= 0.3 is 0 Å². The zero-order chi connectivity index (χ0) is 12.1. The molecule has 0 radical (unpaired) electrons. The molecule has 1 fully saturated rings. The van der Waals surface area contributed by atoms with Gasteiger partial charge in [-0.3, -0.25) is 4.98 Å². The highest BCUT2D eigenvalue weighted by Crippen LogP contribution is 2.17. The van der Waals surface area contributed by atoms with Crippen molar-refractivity contribution in [3.8, 4) is 0 Å². The Kier molecular flexibility index (Phi) is 4.14. The highest BCUT2D eigenvalue weighted by Gasteiger charge is 2.24. The minimum Gasteiger partial charge on any atom is -0.376 e. The molecule has 0 bridgehead atoms. The van der Waals surface area contributed by atoms with Gasteiger partial charge in [-0.25, -0.2) is 4.98 Å². The first kappa shape index (κ1) is 12.1.